The van der Waals surface area contributed by atoms with Crippen LogP contribution in [0.2, 0.25) is 0 Å². The van der Waals surface area contributed by atoms with Gasteiger partial charge in [0.1, 0.15) is 5.75 Å². The van der Waals surface area contributed by atoms with Crippen molar-refractivity contribution >= 4 is 17.8 Å². The predicted octanol–water partition coefficient (Wildman–Crippen LogP) is 2.27. The zero-order valence-electron chi connectivity index (χ0n) is 20.0. The summed E-state index contributed by atoms with van der Waals surface area (Å²) in [7, 11) is 1.63. The molecule has 0 radical (unpaired) electrons. The highest BCUT2D eigenvalue weighted by atomic mass is 16.5. The number of aliphatic carboxylic acids is 2. The topological polar surface area (TPSA) is 111 Å². The van der Waals surface area contributed by atoms with Gasteiger partial charge in [0, 0.05) is 44.3 Å². The lowest BCUT2D eigenvalue weighted by molar-refractivity contribution is -0.159. The number of hydrogen-bond acceptors (Lipinski definition) is 6. The number of amides is 1. The molecule has 4 rings (SSSR count). The summed E-state index contributed by atoms with van der Waals surface area (Å²) in [4.78, 5) is 38.1. The van der Waals surface area contributed by atoms with Crippen LogP contribution in [0.1, 0.15) is 28.8 Å². The minimum atomic E-state index is -1.82. The van der Waals surface area contributed by atoms with Crippen LogP contribution in [0, 0.1) is 0 Å². The molecule has 2 aliphatic heterocycles. The van der Waals surface area contributed by atoms with Crippen molar-refractivity contribution in [1.82, 2.24) is 14.7 Å². The van der Waals surface area contributed by atoms with E-state index < -0.39 is 11.9 Å². The molecule has 1 amide bonds. The number of hydrogen-bond donors (Lipinski definition) is 2. The number of methoxy groups -OCH3 is 1. The van der Waals surface area contributed by atoms with Crippen LogP contribution in [-0.4, -0.2) is 95.2 Å². The summed E-state index contributed by atoms with van der Waals surface area (Å²) in [6, 6.07) is 18.9. The molecule has 2 aromatic carbocycles. The van der Waals surface area contributed by atoms with Crippen LogP contribution in [0.5, 0.6) is 5.75 Å². The molecule has 2 N–H and O–H groups in total. The Balaban J connectivity index is 0.000000509. The SMILES string of the molecule is COc1cccc(C(=O)N2CCN(C3CCN(Cc4ccccc4)CC3)CC2)c1.O=C(O)C(=O)O. The first-order valence-electron chi connectivity index (χ1n) is 11.8. The molecule has 0 spiro atoms. The van der Waals surface area contributed by atoms with Gasteiger partial charge in [-0.15, -0.1) is 0 Å². The van der Waals surface area contributed by atoms with Crippen molar-refractivity contribution < 1.29 is 29.3 Å². The molecule has 0 saturated carbocycles. The van der Waals surface area contributed by atoms with Gasteiger partial charge in [-0.1, -0.05) is 36.4 Å². The molecule has 188 valence electrons. The van der Waals surface area contributed by atoms with Crippen molar-refractivity contribution in [3.05, 3.63) is 65.7 Å². The summed E-state index contributed by atoms with van der Waals surface area (Å²) < 4.78 is 5.25. The lowest BCUT2D eigenvalue weighted by Gasteiger charge is -2.42. The van der Waals surface area contributed by atoms with Crippen molar-refractivity contribution in [2.24, 2.45) is 0 Å². The van der Waals surface area contributed by atoms with Crippen molar-refractivity contribution in [3.8, 4) is 5.75 Å². The van der Waals surface area contributed by atoms with Gasteiger partial charge in [0.05, 0.1) is 7.11 Å². The van der Waals surface area contributed by atoms with E-state index in [2.05, 4.69) is 40.1 Å². The molecule has 2 heterocycles. The first-order valence-corrected chi connectivity index (χ1v) is 11.8. The molecule has 2 aromatic rings. The summed E-state index contributed by atoms with van der Waals surface area (Å²) in [5, 5.41) is 14.8. The molecule has 9 nitrogen and oxygen atoms in total. The van der Waals surface area contributed by atoms with Gasteiger partial charge in [-0.05, 0) is 49.7 Å². The van der Waals surface area contributed by atoms with Gasteiger partial charge in [0.25, 0.3) is 5.91 Å². The molecule has 0 unspecified atom stereocenters. The van der Waals surface area contributed by atoms with Crippen LogP contribution in [0.25, 0.3) is 0 Å². The van der Waals surface area contributed by atoms with Crippen LogP contribution < -0.4 is 4.74 Å². The standard InChI is InChI=1S/C24H31N3O2.C2H2O4/c1-29-23-9-5-8-21(18-23)24(28)27-16-14-26(15-17-27)22-10-12-25(13-11-22)19-20-6-3-2-4-7-20;3-1(4)2(5)6/h2-9,18,22H,10-17,19H2,1H3;(H,3,4)(H,5,6). The predicted molar refractivity (Wildman–Crippen MR) is 130 cm³/mol. The van der Waals surface area contributed by atoms with E-state index in [0.717, 1.165) is 51.6 Å². The maximum Gasteiger partial charge on any atom is 0.414 e. The van der Waals surface area contributed by atoms with E-state index in [4.69, 9.17) is 24.5 Å². The highest BCUT2D eigenvalue weighted by molar-refractivity contribution is 6.27. The Morgan fingerprint density at radius 3 is 2.06 bits per heavy atom. The summed E-state index contributed by atoms with van der Waals surface area (Å²) in [6.45, 7) is 6.92. The second-order valence-corrected chi connectivity index (χ2v) is 8.66. The van der Waals surface area contributed by atoms with E-state index in [1.165, 1.54) is 18.4 Å². The van der Waals surface area contributed by atoms with E-state index >= 15 is 0 Å². The number of nitrogens with zero attached hydrogens (tertiary/aromatic N) is 3. The highest BCUT2D eigenvalue weighted by Crippen LogP contribution is 2.21. The van der Waals surface area contributed by atoms with E-state index in [0.29, 0.717) is 11.6 Å². The fourth-order valence-corrected chi connectivity index (χ4v) is 4.51. The van der Waals surface area contributed by atoms with Crippen molar-refractivity contribution in [2.75, 3.05) is 46.4 Å². The number of carboxylic acid groups (broad SMARTS) is 2. The third-order valence-corrected chi connectivity index (χ3v) is 6.42. The molecule has 0 aromatic heterocycles. The number of rotatable bonds is 5. The molecular formula is C26H33N3O6. The van der Waals surface area contributed by atoms with E-state index in [1.54, 1.807) is 7.11 Å². The summed E-state index contributed by atoms with van der Waals surface area (Å²) in [5.74, 6) is -2.80. The second-order valence-electron chi connectivity index (χ2n) is 8.66. The number of piperazine rings is 1. The summed E-state index contributed by atoms with van der Waals surface area (Å²) in [5.41, 5.74) is 2.11. The lowest BCUT2D eigenvalue weighted by Crippen LogP contribution is -2.54. The molecule has 35 heavy (non-hydrogen) atoms. The fourth-order valence-electron chi connectivity index (χ4n) is 4.51. The van der Waals surface area contributed by atoms with Gasteiger partial charge < -0.3 is 19.8 Å². The smallest absolute Gasteiger partial charge is 0.414 e. The average Bonchev–Trinajstić information content (AvgIpc) is 2.90. The molecule has 2 aliphatic rings. The maximum absolute atomic E-state index is 12.8. The molecule has 2 saturated heterocycles. The van der Waals surface area contributed by atoms with Gasteiger partial charge in [-0.3, -0.25) is 14.6 Å². The number of carboxylic acids is 2. The largest absolute Gasteiger partial charge is 0.497 e. The van der Waals surface area contributed by atoms with Gasteiger partial charge in [-0.2, -0.15) is 0 Å². The van der Waals surface area contributed by atoms with Crippen molar-refractivity contribution in [2.45, 2.75) is 25.4 Å². The Hall–Kier alpha value is -3.43. The Bertz CT molecular complexity index is 972. The van der Waals surface area contributed by atoms with Crippen molar-refractivity contribution in [1.29, 1.82) is 0 Å². The number of carbonyl (C=O) groups is 3. The monoisotopic (exact) mass is 483 g/mol. The molecular weight excluding hydrogens is 450 g/mol. The zero-order chi connectivity index (χ0) is 25.2. The van der Waals surface area contributed by atoms with E-state index in [9.17, 15) is 4.79 Å². The van der Waals surface area contributed by atoms with Gasteiger partial charge in [0.15, 0.2) is 0 Å². The van der Waals surface area contributed by atoms with Crippen LogP contribution in [0.3, 0.4) is 0 Å². The molecule has 2 fully saturated rings. The van der Waals surface area contributed by atoms with Crippen LogP contribution >= 0.6 is 0 Å². The average molecular weight is 484 g/mol. The third kappa shape index (κ3) is 7.80. The minimum absolute atomic E-state index is 0.112. The third-order valence-electron chi connectivity index (χ3n) is 6.42. The summed E-state index contributed by atoms with van der Waals surface area (Å²) in [6.07, 6.45) is 2.44. The fraction of sp³-hybridized carbons (Fsp3) is 0.423. The number of piperidine rings is 1. The first kappa shape index (κ1) is 26.2. The van der Waals surface area contributed by atoms with Gasteiger partial charge in [0.2, 0.25) is 0 Å². The number of carbonyl (C=O) groups excluding carboxylic acids is 1. The number of ether oxygens (including phenoxy) is 1. The number of benzene rings is 2. The molecule has 0 atom stereocenters. The normalized spacial score (nSPS) is 17.2. The first-order chi connectivity index (χ1) is 16.9. The summed E-state index contributed by atoms with van der Waals surface area (Å²) >= 11 is 0. The lowest BCUT2D eigenvalue weighted by atomic mass is 10.0. The quantitative estimate of drug-likeness (QED) is 0.624. The van der Waals surface area contributed by atoms with Gasteiger partial charge in [-0.25, -0.2) is 9.59 Å². The van der Waals surface area contributed by atoms with Crippen LogP contribution in [0.4, 0.5) is 0 Å². The zero-order valence-corrected chi connectivity index (χ0v) is 20.0. The highest BCUT2D eigenvalue weighted by Gasteiger charge is 2.29. The Morgan fingerprint density at radius 2 is 1.49 bits per heavy atom. The van der Waals surface area contributed by atoms with E-state index in [1.807, 2.05) is 29.2 Å². The van der Waals surface area contributed by atoms with E-state index in [-0.39, 0.29) is 5.91 Å². The van der Waals surface area contributed by atoms with Crippen LogP contribution in [0.15, 0.2) is 54.6 Å². The second kappa shape index (κ2) is 12.9. The van der Waals surface area contributed by atoms with Gasteiger partial charge >= 0.3 is 11.9 Å². The Kier molecular flexibility index (Phi) is 9.63. The minimum Gasteiger partial charge on any atom is -0.497 e. The molecule has 9 heteroatoms. The Morgan fingerprint density at radius 1 is 0.857 bits per heavy atom. The Labute approximate surface area is 205 Å². The molecule has 0 aliphatic carbocycles. The maximum atomic E-state index is 12.8. The van der Waals surface area contributed by atoms with Crippen molar-refractivity contribution in [3.63, 3.8) is 0 Å². The van der Waals surface area contributed by atoms with Crippen LogP contribution in [-0.2, 0) is 16.1 Å². The molecule has 0 bridgehead atoms. The number of likely N-dealkylation sites (tertiary alicyclic amines) is 1.